The molecule has 2 aromatic rings. The average molecular weight is 308 g/mol. The standard InChI is InChI=1S/C14H11Cl2N3O/c15-9-2-1-8-5-14(20)19(12(8)6-9)7-11-10(16)3-4-13(17)18-11/h1-4,6H,5,7H2,(H2,17,18). The number of halogens is 2. The van der Waals surface area contributed by atoms with Gasteiger partial charge in [0.2, 0.25) is 5.91 Å². The minimum absolute atomic E-state index is 0.00237. The molecule has 0 saturated carbocycles. The number of nitrogens with zero attached hydrogens (tertiary/aromatic N) is 2. The van der Waals surface area contributed by atoms with Gasteiger partial charge in [-0.25, -0.2) is 4.98 Å². The normalized spacial score (nSPS) is 13.7. The van der Waals surface area contributed by atoms with Crippen LogP contribution in [0.15, 0.2) is 30.3 Å². The fourth-order valence-corrected chi connectivity index (χ4v) is 2.60. The lowest BCUT2D eigenvalue weighted by Gasteiger charge is -2.18. The number of rotatable bonds is 2. The largest absolute Gasteiger partial charge is 0.384 e. The lowest BCUT2D eigenvalue weighted by Crippen LogP contribution is -2.26. The first-order valence-corrected chi connectivity index (χ1v) is 6.80. The zero-order valence-corrected chi connectivity index (χ0v) is 11.9. The van der Waals surface area contributed by atoms with E-state index in [2.05, 4.69) is 4.98 Å². The predicted octanol–water partition coefficient (Wildman–Crippen LogP) is 3.06. The fraction of sp³-hybridized carbons (Fsp3) is 0.143. The number of nitrogens with two attached hydrogens (primary N) is 1. The Labute approximate surface area is 126 Å². The third-order valence-corrected chi connectivity index (χ3v) is 3.81. The van der Waals surface area contributed by atoms with Gasteiger partial charge in [-0.15, -0.1) is 0 Å². The first-order chi connectivity index (χ1) is 9.54. The number of hydrogen-bond donors (Lipinski definition) is 1. The van der Waals surface area contributed by atoms with Crippen molar-refractivity contribution < 1.29 is 4.79 Å². The number of amides is 1. The quantitative estimate of drug-likeness (QED) is 0.927. The van der Waals surface area contributed by atoms with E-state index in [4.69, 9.17) is 28.9 Å². The molecule has 1 aromatic heterocycles. The van der Waals surface area contributed by atoms with Gasteiger partial charge in [-0.1, -0.05) is 29.3 Å². The van der Waals surface area contributed by atoms with Crippen LogP contribution in [-0.2, 0) is 17.8 Å². The Balaban J connectivity index is 1.97. The molecule has 0 saturated heterocycles. The number of carbonyl (C=O) groups excluding carboxylic acids is 1. The molecule has 6 heteroatoms. The molecule has 0 unspecified atom stereocenters. The summed E-state index contributed by atoms with van der Waals surface area (Å²) in [6, 6.07) is 8.73. The predicted molar refractivity (Wildman–Crippen MR) is 80.0 cm³/mol. The molecule has 1 aromatic carbocycles. The highest BCUT2D eigenvalue weighted by atomic mass is 35.5. The van der Waals surface area contributed by atoms with Crippen LogP contribution in [0.3, 0.4) is 0 Å². The molecule has 3 rings (SSSR count). The third-order valence-electron chi connectivity index (χ3n) is 3.23. The van der Waals surface area contributed by atoms with Crippen LogP contribution < -0.4 is 10.6 Å². The van der Waals surface area contributed by atoms with Gasteiger partial charge in [0.25, 0.3) is 0 Å². The van der Waals surface area contributed by atoms with Crippen molar-refractivity contribution in [3.63, 3.8) is 0 Å². The Bertz CT molecular complexity index is 703. The molecule has 1 aliphatic rings. The molecule has 20 heavy (non-hydrogen) atoms. The Morgan fingerprint density at radius 1 is 1.25 bits per heavy atom. The summed E-state index contributed by atoms with van der Waals surface area (Å²) in [6.07, 6.45) is 0.367. The summed E-state index contributed by atoms with van der Waals surface area (Å²) in [6.45, 7) is 0.288. The van der Waals surface area contributed by atoms with E-state index in [9.17, 15) is 4.79 Å². The molecule has 4 nitrogen and oxygen atoms in total. The molecule has 0 bridgehead atoms. The number of carbonyl (C=O) groups is 1. The van der Waals surface area contributed by atoms with Gasteiger partial charge in [-0.2, -0.15) is 0 Å². The van der Waals surface area contributed by atoms with Gasteiger partial charge in [0, 0.05) is 10.7 Å². The number of fused-ring (bicyclic) bond motifs is 1. The number of benzene rings is 1. The maximum atomic E-state index is 12.1. The first-order valence-electron chi connectivity index (χ1n) is 6.04. The zero-order valence-electron chi connectivity index (χ0n) is 10.4. The number of pyridine rings is 1. The lowest BCUT2D eigenvalue weighted by molar-refractivity contribution is -0.117. The van der Waals surface area contributed by atoms with E-state index in [0.29, 0.717) is 28.0 Å². The van der Waals surface area contributed by atoms with Crippen LogP contribution in [0.5, 0.6) is 0 Å². The molecule has 1 aliphatic heterocycles. The Hall–Kier alpha value is -1.78. The van der Waals surface area contributed by atoms with Crippen molar-refractivity contribution in [2.75, 3.05) is 10.6 Å². The molecule has 1 amide bonds. The number of aromatic nitrogens is 1. The van der Waals surface area contributed by atoms with Gasteiger partial charge in [-0.05, 0) is 29.8 Å². The van der Waals surface area contributed by atoms with Crippen LogP contribution in [0.2, 0.25) is 10.0 Å². The van der Waals surface area contributed by atoms with E-state index in [1.165, 1.54) is 0 Å². The average Bonchev–Trinajstić information content (AvgIpc) is 2.70. The van der Waals surface area contributed by atoms with E-state index in [1.54, 1.807) is 29.2 Å². The molecule has 2 heterocycles. The van der Waals surface area contributed by atoms with Crippen molar-refractivity contribution in [1.29, 1.82) is 0 Å². The second kappa shape index (κ2) is 4.96. The molecule has 0 atom stereocenters. The van der Waals surface area contributed by atoms with E-state index < -0.39 is 0 Å². The monoisotopic (exact) mass is 307 g/mol. The summed E-state index contributed by atoms with van der Waals surface area (Å²) in [7, 11) is 0. The molecule has 0 spiro atoms. The van der Waals surface area contributed by atoms with Gasteiger partial charge < -0.3 is 10.6 Å². The minimum atomic E-state index is 0.00237. The Morgan fingerprint density at radius 3 is 2.85 bits per heavy atom. The van der Waals surface area contributed by atoms with Crippen LogP contribution in [0.1, 0.15) is 11.3 Å². The van der Waals surface area contributed by atoms with Gasteiger partial charge in [0.15, 0.2) is 0 Å². The van der Waals surface area contributed by atoms with Crippen LogP contribution >= 0.6 is 23.2 Å². The summed E-state index contributed by atoms with van der Waals surface area (Å²) in [5.74, 6) is 0.380. The Kier molecular flexibility index (Phi) is 3.28. The Morgan fingerprint density at radius 2 is 2.05 bits per heavy atom. The van der Waals surface area contributed by atoms with Crippen molar-refractivity contribution in [1.82, 2.24) is 4.98 Å². The molecule has 0 aliphatic carbocycles. The molecular weight excluding hydrogens is 297 g/mol. The van der Waals surface area contributed by atoms with Crippen molar-refractivity contribution in [2.24, 2.45) is 0 Å². The molecule has 0 fully saturated rings. The molecule has 2 N–H and O–H groups in total. The van der Waals surface area contributed by atoms with Gasteiger partial charge in [0.05, 0.1) is 23.7 Å². The number of hydrogen-bond acceptors (Lipinski definition) is 3. The second-order valence-corrected chi connectivity index (χ2v) is 5.44. The maximum absolute atomic E-state index is 12.1. The summed E-state index contributed by atoms with van der Waals surface area (Å²) < 4.78 is 0. The third kappa shape index (κ3) is 2.32. The molecule has 0 radical (unpaired) electrons. The van der Waals surface area contributed by atoms with E-state index in [0.717, 1.165) is 11.3 Å². The zero-order chi connectivity index (χ0) is 14.3. The fourth-order valence-electron chi connectivity index (χ4n) is 2.27. The van der Waals surface area contributed by atoms with Gasteiger partial charge >= 0.3 is 0 Å². The highest BCUT2D eigenvalue weighted by Crippen LogP contribution is 2.33. The summed E-state index contributed by atoms with van der Waals surface area (Å²) in [5, 5.41) is 1.08. The van der Waals surface area contributed by atoms with Gasteiger partial charge in [-0.3, -0.25) is 4.79 Å². The minimum Gasteiger partial charge on any atom is -0.384 e. The van der Waals surface area contributed by atoms with Crippen molar-refractivity contribution >= 4 is 40.6 Å². The van der Waals surface area contributed by atoms with E-state index >= 15 is 0 Å². The van der Waals surface area contributed by atoms with Crippen LogP contribution in [0.25, 0.3) is 0 Å². The van der Waals surface area contributed by atoms with Crippen LogP contribution in [0.4, 0.5) is 11.5 Å². The lowest BCUT2D eigenvalue weighted by atomic mass is 10.2. The van der Waals surface area contributed by atoms with Gasteiger partial charge in [0.1, 0.15) is 5.82 Å². The summed E-state index contributed by atoms with van der Waals surface area (Å²) in [5.41, 5.74) is 8.00. The smallest absolute Gasteiger partial charge is 0.231 e. The van der Waals surface area contributed by atoms with Crippen LogP contribution in [-0.4, -0.2) is 10.9 Å². The highest BCUT2D eigenvalue weighted by Gasteiger charge is 2.28. The van der Waals surface area contributed by atoms with Crippen molar-refractivity contribution in [3.05, 3.63) is 51.6 Å². The van der Waals surface area contributed by atoms with E-state index in [1.807, 2.05) is 6.07 Å². The number of anilines is 2. The van der Waals surface area contributed by atoms with Crippen LogP contribution in [0, 0.1) is 0 Å². The maximum Gasteiger partial charge on any atom is 0.231 e. The summed E-state index contributed by atoms with van der Waals surface area (Å²) >= 11 is 12.1. The highest BCUT2D eigenvalue weighted by molar-refractivity contribution is 6.31. The molecular formula is C14H11Cl2N3O. The van der Waals surface area contributed by atoms with E-state index in [-0.39, 0.29) is 12.5 Å². The topological polar surface area (TPSA) is 59.2 Å². The summed E-state index contributed by atoms with van der Waals surface area (Å²) in [4.78, 5) is 17.9. The second-order valence-electron chi connectivity index (χ2n) is 4.59. The van der Waals surface area contributed by atoms with Crippen molar-refractivity contribution in [3.8, 4) is 0 Å². The SMILES string of the molecule is Nc1ccc(Cl)c(CN2C(=O)Cc3ccc(Cl)cc32)n1. The molecule has 102 valence electrons. The van der Waals surface area contributed by atoms with Crippen molar-refractivity contribution in [2.45, 2.75) is 13.0 Å². The number of nitrogen functional groups attached to an aromatic ring is 1. The first kappa shape index (κ1) is 13.2.